The lowest BCUT2D eigenvalue weighted by atomic mass is 10.0. The van der Waals surface area contributed by atoms with Crippen molar-refractivity contribution < 1.29 is 0 Å². The number of hydrogen-bond acceptors (Lipinski definition) is 2. The van der Waals surface area contributed by atoms with Crippen LogP contribution >= 0.6 is 11.6 Å². The maximum Gasteiger partial charge on any atom is 0.0476 e. The van der Waals surface area contributed by atoms with Crippen LogP contribution in [0, 0.1) is 0 Å². The van der Waals surface area contributed by atoms with Crippen LogP contribution < -0.4 is 5.32 Å². The SMILES string of the molecule is CC1CN(Cc2cccc(Cl)c2)C(c2ccccc2)CN1. The number of piperazine rings is 1. The van der Waals surface area contributed by atoms with E-state index >= 15 is 0 Å². The van der Waals surface area contributed by atoms with Crippen LogP contribution in [0.4, 0.5) is 0 Å². The molecule has 3 heteroatoms. The van der Waals surface area contributed by atoms with Gasteiger partial charge in [-0.1, -0.05) is 54.1 Å². The molecule has 2 aromatic carbocycles. The Kier molecular flexibility index (Phi) is 4.59. The van der Waals surface area contributed by atoms with E-state index in [2.05, 4.69) is 59.6 Å². The molecule has 1 saturated heterocycles. The van der Waals surface area contributed by atoms with Crippen LogP contribution in [0.3, 0.4) is 0 Å². The number of rotatable bonds is 3. The summed E-state index contributed by atoms with van der Waals surface area (Å²) in [5, 5.41) is 4.40. The van der Waals surface area contributed by atoms with E-state index in [4.69, 9.17) is 11.6 Å². The highest BCUT2D eigenvalue weighted by Crippen LogP contribution is 2.26. The van der Waals surface area contributed by atoms with E-state index in [9.17, 15) is 0 Å². The Hall–Kier alpha value is -1.35. The second kappa shape index (κ2) is 6.61. The normalized spacial score (nSPS) is 23.1. The Morgan fingerprint density at radius 1 is 1.14 bits per heavy atom. The Labute approximate surface area is 131 Å². The predicted molar refractivity (Wildman–Crippen MR) is 88.5 cm³/mol. The largest absolute Gasteiger partial charge is 0.311 e. The van der Waals surface area contributed by atoms with Gasteiger partial charge < -0.3 is 5.32 Å². The molecular weight excluding hydrogens is 280 g/mol. The molecule has 0 spiro atoms. The molecule has 1 aliphatic rings. The van der Waals surface area contributed by atoms with Crippen LogP contribution in [0.15, 0.2) is 54.6 Å². The van der Waals surface area contributed by atoms with E-state index in [-0.39, 0.29) is 0 Å². The fraction of sp³-hybridized carbons (Fsp3) is 0.333. The molecule has 2 atom stereocenters. The van der Waals surface area contributed by atoms with Crippen molar-refractivity contribution >= 4 is 11.6 Å². The second-order valence-corrected chi connectivity index (χ2v) is 6.23. The highest BCUT2D eigenvalue weighted by atomic mass is 35.5. The molecule has 0 amide bonds. The molecule has 1 aliphatic heterocycles. The van der Waals surface area contributed by atoms with E-state index in [1.165, 1.54) is 11.1 Å². The van der Waals surface area contributed by atoms with Crippen LogP contribution in [-0.4, -0.2) is 24.0 Å². The summed E-state index contributed by atoms with van der Waals surface area (Å²) in [5.41, 5.74) is 2.65. The predicted octanol–water partition coefficient (Wildman–Crippen LogP) is 3.88. The molecule has 1 heterocycles. The van der Waals surface area contributed by atoms with Gasteiger partial charge in [0, 0.05) is 36.7 Å². The second-order valence-electron chi connectivity index (χ2n) is 5.80. The highest BCUT2D eigenvalue weighted by molar-refractivity contribution is 6.30. The van der Waals surface area contributed by atoms with Gasteiger partial charge in [-0.05, 0) is 30.2 Å². The Balaban J connectivity index is 1.82. The van der Waals surface area contributed by atoms with Gasteiger partial charge in [-0.2, -0.15) is 0 Å². The summed E-state index contributed by atoms with van der Waals surface area (Å²) in [6, 6.07) is 19.9. The van der Waals surface area contributed by atoms with E-state index in [0.29, 0.717) is 12.1 Å². The number of hydrogen-bond donors (Lipinski definition) is 1. The monoisotopic (exact) mass is 300 g/mol. The van der Waals surface area contributed by atoms with Crippen LogP contribution in [-0.2, 0) is 6.54 Å². The molecule has 1 N–H and O–H groups in total. The molecule has 0 radical (unpaired) electrons. The zero-order chi connectivity index (χ0) is 14.7. The summed E-state index contributed by atoms with van der Waals surface area (Å²) in [7, 11) is 0. The quantitative estimate of drug-likeness (QED) is 0.925. The molecular formula is C18H21ClN2. The maximum absolute atomic E-state index is 6.11. The lowest BCUT2D eigenvalue weighted by Gasteiger charge is -2.39. The standard InChI is InChI=1S/C18H21ClN2/c1-14-12-21(13-15-6-5-9-17(19)10-15)18(11-20-14)16-7-3-2-4-8-16/h2-10,14,18,20H,11-13H2,1H3. The van der Waals surface area contributed by atoms with Crippen molar-refractivity contribution in [3.63, 3.8) is 0 Å². The summed E-state index contributed by atoms with van der Waals surface area (Å²) in [5.74, 6) is 0. The van der Waals surface area contributed by atoms with Gasteiger partial charge in [0.15, 0.2) is 0 Å². The fourth-order valence-electron chi connectivity index (χ4n) is 3.03. The molecule has 2 nitrogen and oxygen atoms in total. The smallest absolute Gasteiger partial charge is 0.0476 e. The highest BCUT2D eigenvalue weighted by Gasteiger charge is 2.26. The minimum absolute atomic E-state index is 0.418. The van der Waals surface area contributed by atoms with Gasteiger partial charge in [-0.3, -0.25) is 4.90 Å². The third-order valence-electron chi connectivity index (χ3n) is 4.07. The van der Waals surface area contributed by atoms with Gasteiger partial charge >= 0.3 is 0 Å². The van der Waals surface area contributed by atoms with Gasteiger partial charge in [-0.25, -0.2) is 0 Å². The van der Waals surface area contributed by atoms with Gasteiger partial charge in [0.2, 0.25) is 0 Å². The Morgan fingerprint density at radius 2 is 1.95 bits per heavy atom. The molecule has 21 heavy (non-hydrogen) atoms. The zero-order valence-corrected chi connectivity index (χ0v) is 13.1. The summed E-state index contributed by atoms with van der Waals surface area (Å²) in [4.78, 5) is 2.54. The summed E-state index contributed by atoms with van der Waals surface area (Å²) < 4.78 is 0. The number of nitrogens with one attached hydrogen (secondary N) is 1. The van der Waals surface area contributed by atoms with Crippen molar-refractivity contribution in [2.24, 2.45) is 0 Å². The van der Waals surface area contributed by atoms with Crippen LogP contribution in [0.1, 0.15) is 24.1 Å². The third kappa shape index (κ3) is 3.65. The van der Waals surface area contributed by atoms with Crippen molar-refractivity contribution in [3.05, 3.63) is 70.7 Å². The van der Waals surface area contributed by atoms with E-state index in [0.717, 1.165) is 24.7 Å². The topological polar surface area (TPSA) is 15.3 Å². The lowest BCUT2D eigenvalue weighted by molar-refractivity contribution is 0.127. The van der Waals surface area contributed by atoms with Gasteiger partial charge in [-0.15, -0.1) is 0 Å². The molecule has 1 fully saturated rings. The maximum atomic E-state index is 6.11. The minimum atomic E-state index is 0.418. The van der Waals surface area contributed by atoms with Crippen molar-refractivity contribution in [3.8, 4) is 0 Å². The fourth-order valence-corrected chi connectivity index (χ4v) is 3.25. The average molecular weight is 301 g/mol. The van der Waals surface area contributed by atoms with Crippen LogP contribution in [0.2, 0.25) is 5.02 Å². The number of nitrogens with zero attached hydrogens (tertiary/aromatic N) is 1. The van der Waals surface area contributed by atoms with Gasteiger partial charge in [0.1, 0.15) is 0 Å². The molecule has 0 saturated carbocycles. The number of benzene rings is 2. The van der Waals surface area contributed by atoms with E-state index in [1.807, 2.05) is 12.1 Å². The van der Waals surface area contributed by atoms with Gasteiger partial charge in [0.05, 0.1) is 0 Å². The first kappa shape index (κ1) is 14.6. The molecule has 0 aliphatic carbocycles. The summed E-state index contributed by atoms with van der Waals surface area (Å²) in [6.07, 6.45) is 0. The molecule has 0 bridgehead atoms. The first-order chi connectivity index (χ1) is 10.2. The third-order valence-corrected chi connectivity index (χ3v) is 4.30. The first-order valence-corrected chi connectivity index (χ1v) is 7.87. The zero-order valence-electron chi connectivity index (χ0n) is 12.3. The average Bonchev–Trinajstić information content (AvgIpc) is 2.48. The minimum Gasteiger partial charge on any atom is -0.311 e. The first-order valence-electron chi connectivity index (χ1n) is 7.49. The summed E-state index contributed by atoms with van der Waals surface area (Å²) in [6.45, 7) is 5.22. The van der Waals surface area contributed by atoms with Crippen molar-refractivity contribution in [2.45, 2.75) is 25.6 Å². The Bertz CT molecular complexity index is 585. The summed E-state index contributed by atoms with van der Waals surface area (Å²) >= 11 is 6.11. The molecule has 3 rings (SSSR count). The van der Waals surface area contributed by atoms with E-state index in [1.54, 1.807) is 0 Å². The lowest BCUT2D eigenvalue weighted by Crippen LogP contribution is -2.50. The molecule has 2 aromatic rings. The molecule has 2 unspecified atom stereocenters. The number of halogens is 1. The van der Waals surface area contributed by atoms with Crippen molar-refractivity contribution in [1.82, 2.24) is 10.2 Å². The van der Waals surface area contributed by atoms with Crippen LogP contribution in [0.25, 0.3) is 0 Å². The van der Waals surface area contributed by atoms with E-state index < -0.39 is 0 Å². The van der Waals surface area contributed by atoms with Gasteiger partial charge in [0.25, 0.3) is 0 Å². The van der Waals surface area contributed by atoms with Crippen molar-refractivity contribution in [2.75, 3.05) is 13.1 Å². The Morgan fingerprint density at radius 3 is 2.71 bits per heavy atom. The molecule has 0 aromatic heterocycles. The van der Waals surface area contributed by atoms with Crippen molar-refractivity contribution in [1.29, 1.82) is 0 Å². The van der Waals surface area contributed by atoms with Crippen LogP contribution in [0.5, 0.6) is 0 Å². The molecule has 110 valence electrons.